The van der Waals surface area contributed by atoms with Crippen LogP contribution < -0.4 is 5.32 Å². The lowest BCUT2D eigenvalue weighted by atomic mass is 9.93. The summed E-state index contributed by atoms with van der Waals surface area (Å²) in [5.41, 5.74) is 4.31. The van der Waals surface area contributed by atoms with Crippen LogP contribution in [0.5, 0.6) is 0 Å². The maximum atomic E-state index is 3.71. The molecule has 0 aromatic heterocycles. The molecule has 0 aliphatic carbocycles. The highest BCUT2D eigenvalue weighted by atomic mass is 32.2. The van der Waals surface area contributed by atoms with Gasteiger partial charge in [-0.2, -0.15) is 11.8 Å². The zero-order chi connectivity index (χ0) is 13.0. The maximum Gasteiger partial charge on any atom is 0.0197 e. The molecule has 1 heterocycles. The van der Waals surface area contributed by atoms with Gasteiger partial charge < -0.3 is 5.32 Å². The van der Waals surface area contributed by atoms with Crippen LogP contribution >= 0.6 is 11.8 Å². The lowest BCUT2D eigenvalue weighted by molar-refractivity contribution is 0.425. The van der Waals surface area contributed by atoms with Gasteiger partial charge in [-0.05, 0) is 50.5 Å². The molecule has 1 aromatic rings. The minimum absolute atomic E-state index is 0.718. The van der Waals surface area contributed by atoms with Gasteiger partial charge in [0.05, 0.1) is 0 Å². The van der Waals surface area contributed by atoms with Crippen molar-refractivity contribution in [2.24, 2.45) is 5.92 Å². The molecule has 1 nitrogen and oxygen atoms in total. The van der Waals surface area contributed by atoms with E-state index < -0.39 is 0 Å². The smallest absolute Gasteiger partial charge is 0.0197 e. The van der Waals surface area contributed by atoms with E-state index in [1.807, 2.05) is 0 Å². The van der Waals surface area contributed by atoms with Crippen LogP contribution in [0.15, 0.2) is 18.2 Å². The van der Waals surface area contributed by atoms with Gasteiger partial charge in [0.15, 0.2) is 0 Å². The number of rotatable bonds is 5. The average molecular weight is 263 g/mol. The van der Waals surface area contributed by atoms with Crippen LogP contribution in [0, 0.1) is 19.8 Å². The lowest BCUT2D eigenvalue weighted by Crippen LogP contribution is -2.36. The molecule has 18 heavy (non-hydrogen) atoms. The van der Waals surface area contributed by atoms with E-state index in [9.17, 15) is 0 Å². The van der Waals surface area contributed by atoms with Crippen molar-refractivity contribution >= 4 is 11.8 Å². The predicted molar refractivity (Wildman–Crippen MR) is 82.5 cm³/mol. The zero-order valence-corrected chi connectivity index (χ0v) is 12.6. The van der Waals surface area contributed by atoms with Gasteiger partial charge in [-0.25, -0.2) is 0 Å². The maximum absolute atomic E-state index is 3.71. The Kier molecular flexibility index (Phi) is 5.13. The minimum atomic E-state index is 0.718. The summed E-state index contributed by atoms with van der Waals surface area (Å²) in [5.74, 6) is 3.41. The van der Waals surface area contributed by atoms with Crippen LogP contribution in [-0.4, -0.2) is 24.1 Å². The van der Waals surface area contributed by atoms with Gasteiger partial charge in [-0.15, -0.1) is 0 Å². The van der Waals surface area contributed by atoms with Crippen molar-refractivity contribution in [2.75, 3.05) is 18.1 Å². The van der Waals surface area contributed by atoms with E-state index in [0.29, 0.717) is 0 Å². The summed E-state index contributed by atoms with van der Waals surface area (Å²) < 4.78 is 0. The van der Waals surface area contributed by atoms with E-state index in [1.54, 1.807) is 0 Å². The van der Waals surface area contributed by atoms with Crippen LogP contribution in [0.1, 0.15) is 30.0 Å². The molecule has 100 valence electrons. The van der Waals surface area contributed by atoms with Gasteiger partial charge in [0.25, 0.3) is 0 Å². The largest absolute Gasteiger partial charge is 0.313 e. The number of hydrogen-bond acceptors (Lipinski definition) is 2. The quantitative estimate of drug-likeness (QED) is 0.871. The highest BCUT2D eigenvalue weighted by Gasteiger charge is 2.27. The second-order valence-corrected chi connectivity index (χ2v) is 6.63. The third-order valence-electron chi connectivity index (χ3n) is 3.63. The summed E-state index contributed by atoms with van der Waals surface area (Å²) in [6, 6.07) is 7.69. The Morgan fingerprint density at radius 2 is 1.89 bits per heavy atom. The number of nitrogens with one attached hydrogen (secondary N) is 1. The summed E-state index contributed by atoms with van der Waals surface area (Å²) in [7, 11) is 0. The van der Waals surface area contributed by atoms with Gasteiger partial charge in [0.1, 0.15) is 0 Å². The van der Waals surface area contributed by atoms with Crippen LogP contribution in [0.25, 0.3) is 0 Å². The van der Waals surface area contributed by atoms with Crippen molar-refractivity contribution in [3.05, 3.63) is 34.9 Å². The fourth-order valence-electron chi connectivity index (χ4n) is 2.84. The molecular formula is C16H25NS. The summed E-state index contributed by atoms with van der Waals surface area (Å²) in [6.45, 7) is 7.81. The number of aryl methyl sites for hydroxylation is 2. The number of benzene rings is 1. The van der Waals surface area contributed by atoms with Crippen molar-refractivity contribution in [1.82, 2.24) is 5.32 Å². The van der Waals surface area contributed by atoms with Gasteiger partial charge in [0.2, 0.25) is 0 Å². The molecule has 2 heteroatoms. The van der Waals surface area contributed by atoms with Crippen LogP contribution in [0.4, 0.5) is 0 Å². The Morgan fingerprint density at radius 3 is 2.56 bits per heavy atom. The van der Waals surface area contributed by atoms with Crippen LogP contribution in [-0.2, 0) is 6.42 Å². The Hall–Kier alpha value is -0.470. The molecule has 2 rings (SSSR count). The standard InChI is InChI=1S/C16H25NS/c1-4-5-17-16-11-18-10-15(16)9-14-7-12(2)6-13(3)8-14/h6-8,15-17H,4-5,9-11H2,1-3H3. The first kappa shape index (κ1) is 14.0. The van der Waals surface area contributed by atoms with Crippen molar-refractivity contribution in [3.63, 3.8) is 0 Å². The second-order valence-electron chi connectivity index (χ2n) is 5.56. The molecule has 2 atom stereocenters. The van der Waals surface area contributed by atoms with Crippen molar-refractivity contribution < 1.29 is 0 Å². The summed E-state index contributed by atoms with van der Waals surface area (Å²) in [5, 5.41) is 3.71. The lowest BCUT2D eigenvalue weighted by Gasteiger charge is -2.20. The second kappa shape index (κ2) is 6.63. The van der Waals surface area contributed by atoms with Gasteiger partial charge in [0, 0.05) is 11.8 Å². The van der Waals surface area contributed by atoms with Crippen molar-refractivity contribution in [3.8, 4) is 0 Å². The fraction of sp³-hybridized carbons (Fsp3) is 0.625. The van der Waals surface area contributed by atoms with E-state index in [0.717, 1.165) is 18.5 Å². The molecule has 0 radical (unpaired) electrons. The Balaban J connectivity index is 1.98. The highest BCUT2D eigenvalue weighted by Crippen LogP contribution is 2.28. The monoisotopic (exact) mass is 263 g/mol. The first-order valence-electron chi connectivity index (χ1n) is 7.07. The summed E-state index contributed by atoms with van der Waals surface area (Å²) >= 11 is 2.11. The predicted octanol–water partition coefficient (Wildman–Crippen LogP) is 3.58. The SMILES string of the molecule is CCCNC1CSCC1Cc1cc(C)cc(C)c1. The van der Waals surface area contributed by atoms with Crippen LogP contribution in [0.2, 0.25) is 0 Å². The molecule has 2 unspecified atom stereocenters. The molecule has 1 aromatic carbocycles. The molecule has 1 N–H and O–H groups in total. The van der Waals surface area contributed by atoms with E-state index in [-0.39, 0.29) is 0 Å². The number of thioether (sulfide) groups is 1. The van der Waals surface area contributed by atoms with E-state index in [2.05, 4.69) is 56.0 Å². The molecule has 1 saturated heterocycles. The Bertz CT molecular complexity index is 368. The molecule has 1 aliphatic rings. The fourth-order valence-corrected chi connectivity index (χ4v) is 4.28. The molecule has 1 fully saturated rings. The third-order valence-corrected chi connectivity index (χ3v) is 4.89. The molecule has 0 amide bonds. The third kappa shape index (κ3) is 3.76. The van der Waals surface area contributed by atoms with Gasteiger partial charge in [-0.3, -0.25) is 0 Å². The topological polar surface area (TPSA) is 12.0 Å². The summed E-state index contributed by atoms with van der Waals surface area (Å²) in [6.07, 6.45) is 2.47. The molecule has 0 bridgehead atoms. The van der Waals surface area contributed by atoms with Crippen molar-refractivity contribution in [2.45, 2.75) is 39.7 Å². The first-order chi connectivity index (χ1) is 8.69. The van der Waals surface area contributed by atoms with E-state index >= 15 is 0 Å². The Morgan fingerprint density at radius 1 is 1.17 bits per heavy atom. The van der Waals surface area contributed by atoms with Crippen molar-refractivity contribution in [1.29, 1.82) is 0 Å². The summed E-state index contributed by atoms with van der Waals surface area (Å²) in [4.78, 5) is 0. The van der Waals surface area contributed by atoms with Crippen LogP contribution in [0.3, 0.4) is 0 Å². The number of hydrogen-bond donors (Lipinski definition) is 1. The molecule has 0 saturated carbocycles. The zero-order valence-electron chi connectivity index (χ0n) is 11.8. The normalized spacial score (nSPS) is 23.5. The molecule has 0 spiro atoms. The van der Waals surface area contributed by atoms with E-state index in [4.69, 9.17) is 0 Å². The first-order valence-corrected chi connectivity index (χ1v) is 8.23. The van der Waals surface area contributed by atoms with Gasteiger partial charge in [-0.1, -0.05) is 36.2 Å². The Labute approximate surface area is 116 Å². The average Bonchev–Trinajstić information content (AvgIpc) is 2.72. The van der Waals surface area contributed by atoms with Gasteiger partial charge >= 0.3 is 0 Å². The van der Waals surface area contributed by atoms with E-state index in [1.165, 1.54) is 41.0 Å². The minimum Gasteiger partial charge on any atom is -0.313 e. The highest BCUT2D eigenvalue weighted by molar-refractivity contribution is 7.99. The molecular weight excluding hydrogens is 238 g/mol. The molecule has 1 aliphatic heterocycles.